The Balaban J connectivity index is 2.31. The van der Waals surface area contributed by atoms with Crippen LogP contribution >= 0.6 is 0 Å². The number of hydrogen-bond donors (Lipinski definition) is 1. The van der Waals surface area contributed by atoms with Crippen LogP contribution in [-0.2, 0) is 18.8 Å². The Bertz CT molecular complexity index is 873. The lowest BCUT2D eigenvalue weighted by Crippen LogP contribution is -2.43. The second-order valence-electron chi connectivity index (χ2n) is 8.10. The van der Waals surface area contributed by atoms with Crippen LogP contribution < -0.4 is 11.2 Å². The maximum absolute atomic E-state index is 15.0. The van der Waals surface area contributed by atoms with Crippen molar-refractivity contribution in [2.45, 2.75) is 64.3 Å². The first-order chi connectivity index (χ1) is 12.8. The first-order valence-electron chi connectivity index (χ1n) is 8.84. The number of ether oxygens (including phenoxy) is 1. The van der Waals surface area contributed by atoms with Gasteiger partial charge >= 0.3 is 11.7 Å². The molecule has 0 bridgehead atoms. The summed E-state index contributed by atoms with van der Waals surface area (Å²) in [6, 6.07) is 1.08. The highest BCUT2D eigenvalue weighted by molar-refractivity contribution is 6.74. The maximum Gasteiger partial charge on any atom is 0.331 e. The molecule has 1 saturated heterocycles. The van der Waals surface area contributed by atoms with Gasteiger partial charge in [0.1, 0.15) is 11.8 Å². The lowest BCUT2D eigenvalue weighted by Gasteiger charge is -2.36. The average Bonchev–Trinajstić information content (AvgIpc) is 2.86. The van der Waals surface area contributed by atoms with E-state index in [0.29, 0.717) is 0 Å². The quantitative estimate of drug-likeness (QED) is 0.445. The topological polar surface area (TPSA) is 112 Å². The van der Waals surface area contributed by atoms with Crippen LogP contribution in [0, 0.1) is 0 Å². The number of nitrogens with zero attached hydrogens (tertiary/aromatic N) is 2. The normalized spacial score (nSPS) is 24.5. The third-order valence-corrected chi connectivity index (χ3v) is 9.47. The third kappa shape index (κ3) is 4.83. The van der Waals surface area contributed by atoms with Crippen LogP contribution in [0.15, 0.2) is 27.0 Å². The van der Waals surface area contributed by atoms with Crippen LogP contribution in [0.2, 0.25) is 18.1 Å². The minimum atomic E-state index is -2.17. The van der Waals surface area contributed by atoms with Gasteiger partial charge in [0.05, 0.1) is 6.61 Å². The van der Waals surface area contributed by atoms with Gasteiger partial charge in [0.2, 0.25) is 0 Å². The molecule has 0 amide bonds. The molecule has 1 aliphatic heterocycles. The number of halogens is 1. The van der Waals surface area contributed by atoms with Gasteiger partial charge in [-0.3, -0.25) is 14.3 Å². The zero-order valence-corrected chi connectivity index (χ0v) is 17.8. The second kappa shape index (κ2) is 8.09. The molecule has 2 rings (SSSR count). The second-order valence-corrected chi connectivity index (χ2v) is 12.9. The highest BCUT2D eigenvalue weighted by Crippen LogP contribution is 2.37. The Morgan fingerprint density at radius 3 is 2.57 bits per heavy atom. The van der Waals surface area contributed by atoms with Gasteiger partial charge in [0.15, 0.2) is 20.7 Å². The van der Waals surface area contributed by atoms with E-state index in [1.54, 1.807) is 0 Å². The van der Waals surface area contributed by atoms with Crippen molar-refractivity contribution in [3.8, 4) is 0 Å². The number of hydrogen-bond acceptors (Lipinski definition) is 7. The van der Waals surface area contributed by atoms with Gasteiger partial charge < -0.3 is 14.0 Å². The molecule has 1 aliphatic rings. The molecular formula is C17H26FN3O6Si. The summed E-state index contributed by atoms with van der Waals surface area (Å²) in [6.45, 7) is 11.4. The van der Waals surface area contributed by atoms with Gasteiger partial charge in [-0.1, -0.05) is 25.9 Å². The summed E-state index contributed by atoms with van der Waals surface area (Å²) in [7, 11) is -2.17. The summed E-state index contributed by atoms with van der Waals surface area (Å²) in [5.41, 5.74) is -1.61. The van der Waals surface area contributed by atoms with Crippen LogP contribution in [0.3, 0.4) is 0 Å². The van der Waals surface area contributed by atoms with Crippen LogP contribution in [0.1, 0.15) is 33.9 Å². The Labute approximate surface area is 162 Å². The van der Waals surface area contributed by atoms with Crippen molar-refractivity contribution in [3.05, 3.63) is 33.1 Å². The number of carbonyl (C=O) groups is 1. The van der Waals surface area contributed by atoms with Crippen molar-refractivity contribution in [2.24, 2.45) is 5.16 Å². The minimum absolute atomic E-state index is 0.00832. The van der Waals surface area contributed by atoms with Gasteiger partial charge in [-0.05, 0) is 18.1 Å². The number of aromatic amines is 1. The average molecular weight is 415 g/mol. The fourth-order valence-corrected chi connectivity index (χ4v) is 3.32. The molecule has 0 saturated carbocycles. The molecule has 0 spiro atoms. The standard InChI is InChI=1S/C17H26FN3O6Si/c1-10(22)27-20-14-11(9-25-28(5,6)17(2,3)4)26-15(13(14)18)21-8-7-12(23)19-16(21)24/h7-8,11,13,15H,9H2,1-6H3,(H,19,23,24)/b20-14+/t11-,13-,15-/m1/s1. The summed E-state index contributed by atoms with van der Waals surface area (Å²) in [4.78, 5) is 41.0. The van der Waals surface area contributed by atoms with E-state index < -0.39 is 44.0 Å². The van der Waals surface area contributed by atoms with Crippen molar-refractivity contribution in [3.63, 3.8) is 0 Å². The minimum Gasteiger partial charge on any atom is -0.414 e. The van der Waals surface area contributed by atoms with E-state index in [-0.39, 0.29) is 17.4 Å². The van der Waals surface area contributed by atoms with E-state index in [2.05, 4.69) is 30.8 Å². The van der Waals surface area contributed by atoms with Crippen LogP contribution in [-0.4, -0.2) is 48.4 Å². The lowest BCUT2D eigenvalue weighted by atomic mass is 10.2. The van der Waals surface area contributed by atoms with E-state index in [1.165, 1.54) is 0 Å². The number of alkyl halides is 1. The van der Waals surface area contributed by atoms with Gasteiger partial charge in [-0.25, -0.2) is 14.0 Å². The molecule has 1 aromatic rings. The summed E-state index contributed by atoms with van der Waals surface area (Å²) in [5.74, 6) is -0.714. The highest BCUT2D eigenvalue weighted by Gasteiger charge is 2.46. The van der Waals surface area contributed by atoms with Crippen molar-refractivity contribution < 1.29 is 23.2 Å². The fourth-order valence-electron chi connectivity index (χ4n) is 2.32. The summed E-state index contributed by atoms with van der Waals surface area (Å²) in [5, 5.41) is 3.51. The zero-order chi connectivity index (χ0) is 21.3. The third-order valence-electron chi connectivity index (χ3n) is 4.97. The largest absolute Gasteiger partial charge is 0.414 e. The van der Waals surface area contributed by atoms with Crippen molar-refractivity contribution in [2.75, 3.05) is 6.61 Å². The predicted octanol–water partition coefficient (Wildman–Crippen LogP) is 1.71. The first-order valence-corrected chi connectivity index (χ1v) is 11.7. The van der Waals surface area contributed by atoms with E-state index in [9.17, 15) is 14.4 Å². The molecule has 11 heteroatoms. The Morgan fingerprint density at radius 2 is 2.04 bits per heavy atom. The molecule has 28 heavy (non-hydrogen) atoms. The highest BCUT2D eigenvalue weighted by atomic mass is 28.4. The van der Waals surface area contributed by atoms with Crippen LogP contribution in [0.4, 0.5) is 4.39 Å². The lowest BCUT2D eigenvalue weighted by molar-refractivity contribution is -0.141. The number of aromatic nitrogens is 2. The van der Waals surface area contributed by atoms with Crippen LogP contribution in [0.25, 0.3) is 0 Å². The Hall–Kier alpha value is -2.11. The number of rotatable bonds is 5. The van der Waals surface area contributed by atoms with Crippen LogP contribution in [0.5, 0.6) is 0 Å². The van der Waals surface area contributed by atoms with E-state index >= 15 is 4.39 Å². The first kappa shape index (κ1) is 22.2. The van der Waals surface area contributed by atoms with Gasteiger partial charge in [0.25, 0.3) is 5.56 Å². The summed E-state index contributed by atoms with van der Waals surface area (Å²) < 4.78 is 27.7. The van der Waals surface area contributed by atoms with Gasteiger partial charge in [-0.2, -0.15) is 0 Å². The van der Waals surface area contributed by atoms with E-state index in [0.717, 1.165) is 23.8 Å². The molecule has 0 unspecified atom stereocenters. The molecule has 0 radical (unpaired) electrons. The molecule has 3 atom stereocenters. The SMILES string of the molecule is CC(=O)O/N=C1/[C@@H](F)[C@H](n2ccc(=O)[nH]c2=O)O[C@@H]1CO[Si](C)(C)C(C)(C)C. The Kier molecular flexibility index (Phi) is 6.41. The fraction of sp³-hybridized carbons (Fsp3) is 0.647. The molecule has 156 valence electrons. The van der Waals surface area contributed by atoms with Gasteiger partial charge in [0, 0.05) is 19.2 Å². The number of oxime groups is 1. The number of H-pyrrole nitrogens is 1. The predicted molar refractivity (Wildman–Crippen MR) is 102 cm³/mol. The van der Waals surface area contributed by atoms with Crippen molar-refractivity contribution in [1.29, 1.82) is 0 Å². The van der Waals surface area contributed by atoms with E-state index in [4.69, 9.17) is 9.16 Å². The smallest absolute Gasteiger partial charge is 0.331 e. The number of nitrogens with one attached hydrogen (secondary N) is 1. The molecule has 1 aromatic heterocycles. The van der Waals surface area contributed by atoms with Gasteiger partial charge in [-0.15, -0.1) is 0 Å². The Morgan fingerprint density at radius 1 is 1.39 bits per heavy atom. The summed E-state index contributed by atoms with van der Waals surface area (Å²) in [6.07, 6.45) is -3.05. The van der Waals surface area contributed by atoms with Crippen molar-refractivity contribution in [1.82, 2.24) is 9.55 Å². The monoisotopic (exact) mass is 415 g/mol. The number of carbonyl (C=O) groups excluding carboxylic acids is 1. The molecule has 9 nitrogen and oxygen atoms in total. The summed E-state index contributed by atoms with van der Waals surface area (Å²) >= 11 is 0. The molecule has 1 fully saturated rings. The van der Waals surface area contributed by atoms with Crippen molar-refractivity contribution >= 4 is 20.0 Å². The maximum atomic E-state index is 15.0. The zero-order valence-electron chi connectivity index (χ0n) is 16.8. The molecule has 1 N–H and O–H groups in total. The molecule has 0 aliphatic carbocycles. The molecular weight excluding hydrogens is 389 g/mol. The molecule has 0 aromatic carbocycles. The van der Waals surface area contributed by atoms with E-state index in [1.807, 2.05) is 18.1 Å². The molecule has 2 heterocycles.